The van der Waals surface area contributed by atoms with Crippen LogP contribution in [0.4, 0.5) is 5.69 Å². The lowest BCUT2D eigenvalue weighted by molar-refractivity contribution is 0.355. The third kappa shape index (κ3) is 4.15. The van der Waals surface area contributed by atoms with Gasteiger partial charge in [-0.05, 0) is 35.9 Å². The summed E-state index contributed by atoms with van der Waals surface area (Å²) >= 11 is 0. The molecule has 7 heteroatoms. The number of nitrogen functional groups attached to an aromatic ring is 1. The quantitative estimate of drug-likeness (QED) is 0.655. The molecule has 0 spiro atoms. The summed E-state index contributed by atoms with van der Waals surface area (Å²) in [6, 6.07) is 11.2. The number of nitrogens with zero attached hydrogens (tertiary/aromatic N) is 2. The van der Waals surface area contributed by atoms with Crippen LogP contribution in [0.2, 0.25) is 0 Å². The number of hydrogen-bond donors (Lipinski definition) is 2. The van der Waals surface area contributed by atoms with Gasteiger partial charge in [-0.25, -0.2) is 9.97 Å². The van der Waals surface area contributed by atoms with Gasteiger partial charge in [0.1, 0.15) is 12.1 Å². The normalized spacial score (nSPS) is 10.1. The molecule has 7 nitrogen and oxygen atoms in total. The summed E-state index contributed by atoms with van der Waals surface area (Å²) in [5.74, 6) is 1.92. The minimum absolute atomic E-state index is 0.554. The van der Waals surface area contributed by atoms with E-state index in [4.69, 9.17) is 19.9 Å². The number of benzene rings is 2. The first-order chi connectivity index (χ1) is 13.7. The standard InChI is InChI=1S/C21H22N4O3/c1-26-19-6-4-14(8-17(19)22)16-10-23-13-24-12-18(25-11-16)15-5-7-20(27-2)21(9-15)28-3/h4-13,25H,22H2,1-3H3. The second-order valence-electron chi connectivity index (χ2n) is 5.86. The van der Waals surface area contributed by atoms with Gasteiger partial charge in [-0.3, -0.25) is 0 Å². The van der Waals surface area contributed by atoms with Gasteiger partial charge in [0, 0.05) is 23.5 Å². The van der Waals surface area contributed by atoms with Gasteiger partial charge >= 0.3 is 0 Å². The Labute approximate surface area is 163 Å². The monoisotopic (exact) mass is 378 g/mol. The van der Waals surface area contributed by atoms with Gasteiger partial charge in [-0.1, -0.05) is 6.07 Å². The SMILES string of the molecule is COc1ccc(-c2cncncc(-c3ccc(OC)c(OC)c3)[nH]c2)cc1N. The van der Waals surface area contributed by atoms with E-state index in [2.05, 4.69) is 15.0 Å². The number of aromatic nitrogens is 3. The highest BCUT2D eigenvalue weighted by atomic mass is 16.5. The fraction of sp³-hybridized carbons (Fsp3) is 0.143. The molecule has 28 heavy (non-hydrogen) atoms. The minimum Gasteiger partial charge on any atom is -0.495 e. The van der Waals surface area contributed by atoms with Crippen LogP contribution in [0, 0.1) is 0 Å². The molecule has 0 fully saturated rings. The van der Waals surface area contributed by atoms with Gasteiger partial charge in [0.05, 0.1) is 38.9 Å². The molecule has 0 radical (unpaired) electrons. The zero-order valence-electron chi connectivity index (χ0n) is 16.0. The van der Waals surface area contributed by atoms with Gasteiger partial charge in [0.15, 0.2) is 11.5 Å². The lowest BCUT2D eigenvalue weighted by atomic mass is 10.1. The maximum atomic E-state index is 6.04. The summed E-state index contributed by atoms with van der Waals surface area (Å²) in [6.07, 6.45) is 6.74. The van der Waals surface area contributed by atoms with E-state index in [-0.39, 0.29) is 0 Å². The third-order valence-corrected chi connectivity index (χ3v) is 4.19. The van der Waals surface area contributed by atoms with E-state index in [1.54, 1.807) is 33.7 Å². The fourth-order valence-corrected chi connectivity index (χ4v) is 2.72. The van der Waals surface area contributed by atoms with Crippen LogP contribution in [0.15, 0.2) is 61.3 Å². The number of nitrogens with two attached hydrogens (primary N) is 1. The van der Waals surface area contributed by atoms with Crippen LogP contribution in [-0.4, -0.2) is 36.3 Å². The lowest BCUT2D eigenvalue weighted by Crippen LogP contribution is -1.92. The van der Waals surface area contributed by atoms with E-state index < -0.39 is 0 Å². The Balaban J connectivity index is 2.08. The van der Waals surface area contributed by atoms with E-state index >= 15 is 0 Å². The minimum atomic E-state index is 0.554. The largest absolute Gasteiger partial charge is 0.495 e. The van der Waals surface area contributed by atoms with Crippen LogP contribution in [0.3, 0.4) is 0 Å². The van der Waals surface area contributed by atoms with E-state index in [0.29, 0.717) is 22.9 Å². The first kappa shape index (κ1) is 19.0. The average Bonchev–Trinajstić information content (AvgIpc) is 2.85. The van der Waals surface area contributed by atoms with E-state index in [9.17, 15) is 0 Å². The summed E-state index contributed by atoms with van der Waals surface area (Å²) in [6.45, 7) is 0. The molecular formula is C21H22N4O3. The fourth-order valence-electron chi connectivity index (χ4n) is 2.72. The zero-order valence-corrected chi connectivity index (χ0v) is 16.0. The molecule has 0 amide bonds. The van der Waals surface area contributed by atoms with Gasteiger partial charge in [-0.2, -0.15) is 0 Å². The Morgan fingerprint density at radius 3 is 2.14 bits per heavy atom. The molecule has 0 unspecified atom stereocenters. The van der Waals surface area contributed by atoms with Crippen molar-refractivity contribution >= 4 is 5.69 Å². The van der Waals surface area contributed by atoms with Gasteiger partial charge in [0.2, 0.25) is 0 Å². The Hall–Kier alpha value is -3.74. The van der Waals surface area contributed by atoms with Crippen molar-refractivity contribution in [3.8, 4) is 39.6 Å². The van der Waals surface area contributed by atoms with Gasteiger partial charge < -0.3 is 24.9 Å². The maximum Gasteiger partial charge on any atom is 0.161 e. The summed E-state index contributed by atoms with van der Waals surface area (Å²) < 4.78 is 15.9. The molecule has 3 rings (SSSR count). The average molecular weight is 378 g/mol. The van der Waals surface area contributed by atoms with Crippen LogP contribution >= 0.6 is 0 Å². The molecule has 144 valence electrons. The predicted molar refractivity (Wildman–Crippen MR) is 109 cm³/mol. The van der Waals surface area contributed by atoms with Gasteiger partial charge in [-0.15, -0.1) is 0 Å². The number of ether oxygens (including phenoxy) is 3. The van der Waals surface area contributed by atoms with Crippen LogP contribution in [0.25, 0.3) is 22.4 Å². The molecule has 1 heterocycles. The third-order valence-electron chi connectivity index (χ3n) is 4.19. The number of nitrogens with one attached hydrogen (secondary N) is 1. The molecule has 1 aromatic heterocycles. The molecule has 2 aromatic carbocycles. The predicted octanol–water partition coefficient (Wildman–Crippen LogP) is 3.87. The summed E-state index contributed by atoms with van der Waals surface area (Å²) in [5, 5.41) is 0. The number of rotatable bonds is 5. The topological polar surface area (TPSA) is 95.3 Å². The highest BCUT2D eigenvalue weighted by Crippen LogP contribution is 2.31. The molecule has 0 saturated heterocycles. The van der Waals surface area contributed by atoms with Crippen LogP contribution in [0.5, 0.6) is 17.2 Å². The zero-order chi connectivity index (χ0) is 19.9. The maximum absolute atomic E-state index is 6.04. The highest BCUT2D eigenvalue weighted by Gasteiger charge is 2.07. The molecule has 3 aromatic rings. The second kappa shape index (κ2) is 8.77. The Morgan fingerprint density at radius 1 is 0.750 bits per heavy atom. The van der Waals surface area contributed by atoms with E-state index in [1.165, 1.54) is 6.33 Å². The number of hydrogen-bond acceptors (Lipinski definition) is 6. The van der Waals surface area contributed by atoms with Crippen molar-refractivity contribution in [1.82, 2.24) is 15.0 Å². The molecule has 0 aliphatic heterocycles. The van der Waals surface area contributed by atoms with E-state index in [0.717, 1.165) is 22.4 Å². The summed E-state index contributed by atoms with van der Waals surface area (Å²) in [5.41, 5.74) is 10.0. The van der Waals surface area contributed by atoms with Crippen molar-refractivity contribution in [1.29, 1.82) is 0 Å². The Kier molecular flexibility index (Phi) is 5.96. The molecule has 0 bridgehead atoms. The van der Waals surface area contributed by atoms with E-state index in [1.807, 2.05) is 42.6 Å². The molecule has 0 aliphatic rings. The van der Waals surface area contributed by atoms with Crippen LogP contribution in [0.1, 0.15) is 0 Å². The first-order valence-electron chi connectivity index (χ1n) is 8.54. The molecule has 3 N–H and O–H groups in total. The van der Waals surface area contributed by atoms with Gasteiger partial charge in [0.25, 0.3) is 0 Å². The van der Waals surface area contributed by atoms with Crippen molar-refractivity contribution in [2.45, 2.75) is 0 Å². The van der Waals surface area contributed by atoms with Crippen LogP contribution in [-0.2, 0) is 0 Å². The molecule has 0 atom stereocenters. The van der Waals surface area contributed by atoms with Crippen molar-refractivity contribution in [3.05, 3.63) is 61.3 Å². The summed E-state index contributed by atoms with van der Waals surface area (Å²) in [7, 11) is 4.79. The Morgan fingerprint density at radius 2 is 1.43 bits per heavy atom. The lowest BCUT2D eigenvalue weighted by Gasteiger charge is -2.09. The summed E-state index contributed by atoms with van der Waals surface area (Å²) in [4.78, 5) is 11.7. The van der Waals surface area contributed by atoms with Crippen molar-refractivity contribution in [3.63, 3.8) is 0 Å². The smallest absolute Gasteiger partial charge is 0.161 e. The number of methoxy groups -OCH3 is 3. The second-order valence-corrected chi connectivity index (χ2v) is 5.86. The van der Waals surface area contributed by atoms with Crippen molar-refractivity contribution < 1.29 is 14.2 Å². The number of anilines is 1. The Bertz CT molecular complexity index is 1020. The van der Waals surface area contributed by atoms with Crippen molar-refractivity contribution in [2.24, 2.45) is 0 Å². The van der Waals surface area contributed by atoms with Crippen LogP contribution < -0.4 is 19.9 Å². The van der Waals surface area contributed by atoms with Crippen molar-refractivity contribution in [2.75, 3.05) is 27.1 Å². The first-order valence-corrected chi connectivity index (χ1v) is 8.54. The molecule has 0 saturated carbocycles. The highest BCUT2D eigenvalue weighted by molar-refractivity contribution is 5.70. The molecular weight excluding hydrogens is 356 g/mol. The number of aromatic amines is 1. The molecule has 0 aliphatic carbocycles. The number of H-pyrrole nitrogens is 1.